The van der Waals surface area contributed by atoms with Gasteiger partial charge in [0.1, 0.15) is 0 Å². The summed E-state index contributed by atoms with van der Waals surface area (Å²) in [5, 5.41) is 4.51. The second kappa shape index (κ2) is 6.05. The summed E-state index contributed by atoms with van der Waals surface area (Å²) >= 11 is 1.23. The lowest BCUT2D eigenvalue weighted by atomic mass is 10.2. The quantitative estimate of drug-likeness (QED) is 0.682. The van der Waals surface area contributed by atoms with Gasteiger partial charge in [0.05, 0.1) is 12.3 Å². The largest absolute Gasteiger partial charge is 0.459 e. The molecule has 0 fully saturated rings. The maximum absolute atomic E-state index is 11.4. The molecule has 1 N–H and O–H groups in total. The molecule has 6 nitrogen and oxygen atoms in total. The summed E-state index contributed by atoms with van der Waals surface area (Å²) < 4.78 is 4.58. The molecule has 0 saturated heterocycles. The Labute approximate surface area is 113 Å². The molecule has 0 atom stereocenters. The van der Waals surface area contributed by atoms with Crippen molar-refractivity contribution in [3.63, 3.8) is 0 Å². The normalized spacial score (nSPS) is 9.95. The van der Waals surface area contributed by atoms with Gasteiger partial charge in [0.2, 0.25) is 0 Å². The summed E-state index contributed by atoms with van der Waals surface area (Å²) in [5.41, 5.74) is 1.53. The van der Waals surface area contributed by atoms with Gasteiger partial charge in [-0.05, 0) is 19.1 Å². The number of carbonyl (C=O) groups is 2. The first-order valence-corrected chi connectivity index (χ1v) is 6.42. The number of anilines is 1. The van der Waals surface area contributed by atoms with Crippen molar-refractivity contribution < 1.29 is 14.3 Å². The van der Waals surface area contributed by atoms with Crippen LogP contribution in [0, 0.1) is 0 Å². The van der Waals surface area contributed by atoms with Crippen LogP contribution >= 0.6 is 11.3 Å². The molecular formula is C12H11N3O3S. The number of pyridine rings is 1. The van der Waals surface area contributed by atoms with Crippen molar-refractivity contribution in [2.45, 2.75) is 6.92 Å². The average Bonchev–Trinajstić information content (AvgIpc) is 2.88. The summed E-state index contributed by atoms with van der Waals surface area (Å²) in [6, 6.07) is 3.66. The van der Waals surface area contributed by atoms with Crippen molar-refractivity contribution >= 4 is 28.3 Å². The van der Waals surface area contributed by atoms with E-state index in [-0.39, 0.29) is 6.61 Å². The first kappa shape index (κ1) is 13.2. The summed E-state index contributed by atoms with van der Waals surface area (Å²) in [4.78, 5) is 30.8. The zero-order valence-electron chi connectivity index (χ0n) is 10.1. The third-order valence-electron chi connectivity index (χ3n) is 2.14. The molecule has 2 heterocycles. The number of aromatic nitrogens is 2. The van der Waals surface area contributed by atoms with Gasteiger partial charge in [-0.2, -0.15) is 0 Å². The van der Waals surface area contributed by atoms with Crippen molar-refractivity contribution in [1.82, 2.24) is 9.97 Å². The van der Waals surface area contributed by atoms with Gasteiger partial charge in [-0.3, -0.25) is 15.1 Å². The van der Waals surface area contributed by atoms with E-state index >= 15 is 0 Å². The Morgan fingerprint density at radius 2 is 2.32 bits per heavy atom. The minimum absolute atomic E-state index is 0.158. The molecule has 0 aromatic carbocycles. The molecule has 0 aliphatic carbocycles. The maximum Gasteiger partial charge on any atom is 0.397 e. The highest BCUT2D eigenvalue weighted by Gasteiger charge is 2.16. The van der Waals surface area contributed by atoms with Gasteiger partial charge < -0.3 is 4.74 Å². The smallest absolute Gasteiger partial charge is 0.397 e. The summed E-state index contributed by atoms with van der Waals surface area (Å²) in [5.74, 6) is -1.74. The molecule has 0 saturated carbocycles. The average molecular weight is 277 g/mol. The van der Waals surface area contributed by atoms with Gasteiger partial charge in [-0.25, -0.2) is 9.78 Å². The minimum atomic E-state index is -0.916. The number of amides is 1. The summed E-state index contributed by atoms with van der Waals surface area (Å²) in [7, 11) is 0. The van der Waals surface area contributed by atoms with Gasteiger partial charge in [-0.1, -0.05) is 0 Å². The Bertz CT molecular complexity index is 583. The number of hydrogen-bond acceptors (Lipinski definition) is 6. The van der Waals surface area contributed by atoms with Crippen molar-refractivity contribution in [2.24, 2.45) is 0 Å². The van der Waals surface area contributed by atoms with E-state index in [9.17, 15) is 9.59 Å². The van der Waals surface area contributed by atoms with Gasteiger partial charge in [0.15, 0.2) is 5.13 Å². The first-order valence-electron chi connectivity index (χ1n) is 5.54. The van der Waals surface area contributed by atoms with Crippen LogP contribution in [-0.2, 0) is 14.3 Å². The Morgan fingerprint density at radius 3 is 3.00 bits per heavy atom. The molecule has 98 valence electrons. The van der Waals surface area contributed by atoms with Crippen molar-refractivity contribution in [3.05, 3.63) is 29.9 Å². The molecule has 0 aliphatic heterocycles. The number of rotatable bonds is 3. The predicted molar refractivity (Wildman–Crippen MR) is 70.6 cm³/mol. The van der Waals surface area contributed by atoms with E-state index in [2.05, 4.69) is 20.0 Å². The number of nitrogens with zero attached hydrogens (tertiary/aromatic N) is 2. The molecule has 1 amide bonds. The van der Waals surface area contributed by atoms with Crippen LogP contribution in [0.2, 0.25) is 0 Å². The maximum atomic E-state index is 11.4. The lowest BCUT2D eigenvalue weighted by Gasteiger charge is -2.00. The number of thiazole rings is 1. The van der Waals surface area contributed by atoms with E-state index in [0.717, 1.165) is 5.56 Å². The molecule has 0 radical (unpaired) electrons. The van der Waals surface area contributed by atoms with Gasteiger partial charge >= 0.3 is 11.9 Å². The fourth-order valence-electron chi connectivity index (χ4n) is 1.32. The van der Waals surface area contributed by atoms with Crippen LogP contribution in [0.3, 0.4) is 0 Å². The predicted octanol–water partition coefficient (Wildman–Crippen LogP) is 1.71. The van der Waals surface area contributed by atoms with Gasteiger partial charge in [0.25, 0.3) is 0 Å². The van der Waals surface area contributed by atoms with E-state index in [1.165, 1.54) is 11.3 Å². The summed E-state index contributed by atoms with van der Waals surface area (Å²) in [6.45, 7) is 1.79. The highest BCUT2D eigenvalue weighted by atomic mass is 32.1. The van der Waals surface area contributed by atoms with Crippen molar-refractivity contribution in [2.75, 3.05) is 11.9 Å². The van der Waals surface area contributed by atoms with Crippen LogP contribution in [0.1, 0.15) is 6.92 Å². The Kier molecular flexibility index (Phi) is 4.19. The lowest BCUT2D eigenvalue weighted by molar-refractivity contribution is -0.152. The second-order valence-electron chi connectivity index (χ2n) is 3.45. The molecule has 0 spiro atoms. The number of carbonyl (C=O) groups excluding carboxylic acids is 2. The van der Waals surface area contributed by atoms with E-state index in [1.54, 1.807) is 30.8 Å². The highest BCUT2D eigenvalue weighted by Crippen LogP contribution is 2.23. The van der Waals surface area contributed by atoms with Crippen LogP contribution in [0.5, 0.6) is 0 Å². The van der Waals surface area contributed by atoms with Crippen LogP contribution in [0.4, 0.5) is 5.13 Å². The topological polar surface area (TPSA) is 81.2 Å². The van der Waals surface area contributed by atoms with E-state index in [4.69, 9.17) is 0 Å². The van der Waals surface area contributed by atoms with Crippen molar-refractivity contribution in [1.29, 1.82) is 0 Å². The van der Waals surface area contributed by atoms with Crippen LogP contribution < -0.4 is 5.32 Å². The number of esters is 1. The Morgan fingerprint density at radius 1 is 1.47 bits per heavy atom. The molecule has 2 aromatic heterocycles. The number of ether oxygens (including phenoxy) is 1. The SMILES string of the molecule is CCOC(=O)C(=O)Nc1nc(-c2cccnc2)cs1. The van der Waals surface area contributed by atoms with Crippen molar-refractivity contribution in [3.8, 4) is 11.3 Å². The Balaban J connectivity index is 2.06. The molecule has 2 rings (SSSR count). The Hall–Kier alpha value is -2.28. The fourth-order valence-corrected chi connectivity index (χ4v) is 2.04. The zero-order valence-corrected chi connectivity index (χ0v) is 10.9. The van der Waals surface area contributed by atoms with Crippen LogP contribution in [0.25, 0.3) is 11.3 Å². The highest BCUT2D eigenvalue weighted by molar-refractivity contribution is 7.14. The van der Waals surface area contributed by atoms with Crippen LogP contribution in [-0.4, -0.2) is 28.5 Å². The fraction of sp³-hybridized carbons (Fsp3) is 0.167. The molecule has 7 heteroatoms. The molecule has 2 aromatic rings. The van der Waals surface area contributed by atoms with E-state index in [0.29, 0.717) is 10.8 Å². The second-order valence-corrected chi connectivity index (χ2v) is 4.31. The molecule has 0 unspecified atom stereocenters. The van der Waals surface area contributed by atoms with Crippen LogP contribution in [0.15, 0.2) is 29.9 Å². The standard InChI is InChI=1S/C12H11N3O3S/c1-2-18-11(17)10(16)15-12-14-9(7-19-12)8-4-3-5-13-6-8/h3-7H,2H2,1H3,(H,14,15,16). The number of hydrogen-bond donors (Lipinski definition) is 1. The van der Waals surface area contributed by atoms with E-state index < -0.39 is 11.9 Å². The molecular weight excluding hydrogens is 266 g/mol. The van der Waals surface area contributed by atoms with Gasteiger partial charge in [-0.15, -0.1) is 11.3 Å². The minimum Gasteiger partial charge on any atom is -0.459 e. The summed E-state index contributed by atoms with van der Waals surface area (Å²) in [6.07, 6.45) is 3.34. The number of nitrogens with one attached hydrogen (secondary N) is 1. The van der Waals surface area contributed by atoms with Gasteiger partial charge in [0, 0.05) is 23.3 Å². The first-order chi connectivity index (χ1) is 9.20. The lowest BCUT2D eigenvalue weighted by Crippen LogP contribution is -2.24. The monoisotopic (exact) mass is 277 g/mol. The third-order valence-corrected chi connectivity index (χ3v) is 2.90. The zero-order chi connectivity index (χ0) is 13.7. The third kappa shape index (κ3) is 3.35. The molecule has 0 aliphatic rings. The van der Waals surface area contributed by atoms with E-state index in [1.807, 2.05) is 6.07 Å². The molecule has 19 heavy (non-hydrogen) atoms. The molecule has 0 bridgehead atoms.